The first-order chi connectivity index (χ1) is 10.4. The predicted molar refractivity (Wildman–Crippen MR) is 86.9 cm³/mol. The number of rotatable bonds is 4. The summed E-state index contributed by atoms with van der Waals surface area (Å²) in [6.45, 7) is 12.1. The zero-order valence-electron chi connectivity index (χ0n) is 13.9. The molecule has 0 radical (unpaired) electrons. The maximum atomic E-state index is 11.3. The van der Waals surface area contributed by atoms with Crippen molar-refractivity contribution < 1.29 is 10.0 Å². The first-order valence-corrected chi connectivity index (χ1v) is 7.95. The van der Waals surface area contributed by atoms with Gasteiger partial charge in [0, 0.05) is 43.3 Å². The van der Waals surface area contributed by atoms with Crippen molar-refractivity contribution >= 4 is 5.91 Å². The van der Waals surface area contributed by atoms with Gasteiger partial charge < -0.3 is 0 Å². The fraction of sp³-hybridized carbons (Fsp3) is 0.588. The van der Waals surface area contributed by atoms with E-state index in [9.17, 15) is 4.79 Å². The SMILES string of the molecule is CC(C)N1C[C@@H](C)N(Cc2ccc(C(=O)NO)cc2)[C@@H](C)C1. The van der Waals surface area contributed by atoms with E-state index in [-0.39, 0.29) is 0 Å². The number of nitrogens with one attached hydrogen (secondary N) is 1. The molecule has 1 aromatic rings. The summed E-state index contributed by atoms with van der Waals surface area (Å²) in [5.74, 6) is -0.473. The highest BCUT2D eigenvalue weighted by molar-refractivity contribution is 5.93. The Balaban J connectivity index is 2.02. The molecule has 0 aliphatic carbocycles. The lowest BCUT2D eigenvalue weighted by Gasteiger charge is -2.46. The van der Waals surface area contributed by atoms with Crippen LogP contribution in [0.4, 0.5) is 0 Å². The van der Waals surface area contributed by atoms with Gasteiger partial charge in [0.2, 0.25) is 0 Å². The van der Waals surface area contributed by atoms with Crippen molar-refractivity contribution in [2.45, 2.75) is 52.4 Å². The summed E-state index contributed by atoms with van der Waals surface area (Å²) < 4.78 is 0. The maximum absolute atomic E-state index is 11.3. The molecule has 2 atom stereocenters. The van der Waals surface area contributed by atoms with Crippen LogP contribution in [0.25, 0.3) is 0 Å². The smallest absolute Gasteiger partial charge is 0.274 e. The minimum absolute atomic E-state index is 0.469. The Kier molecular flexibility index (Phi) is 5.56. The molecule has 1 aliphatic heterocycles. The Morgan fingerprint density at radius 3 is 2.23 bits per heavy atom. The van der Waals surface area contributed by atoms with Gasteiger partial charge in [0.1, 0.15) is 0 Å². The van der Waals surface area contributed by atoms with Crippen molar-refractivity contribution in [3.8, 4) is 0 Å². The number of carbonyl (C=O) groups is 1. The van der Waals surface area contributed by atoms with Crippen LogP contribution in [0.2, 0.25) is 0 Å². The number of piperazine rings is 1. The van der Waals surface area contributed by atoms with Crippen molar-refractivity contribution in [3.63, 3.8) is 0 Å². The lowest BCUT2D eigenvalue weighted by Crippen LogP contribution is -2.57. The van der Waals surface area contributed by atoms with Crippen LogP contribution in [0.1, 0.15) is 43.6 Å². The van der Waals surface area contributed by atoms with Gasteiger partial charge in [0.05, 0.1) is 0 Å². The molecule has 1 amide bonds. The molecule has 2 N–H and O–H groups in total. The summed E-state index contributed by atoms with van der Waals surface area (Å²) >= 11 is 0. The fourth-order valence-electron chi connectivity index (χ4n) is 3.17. The number of hydroxylamine groups is 1. The summed E-state index contributed by atoms with van der Waals surface area (Å²) in [5.41, 5.74) is 3.31. The molecule has 0 spiro atoms. The third kappa shape index (κ3) is 3.85. The maximum Gasteiger partial charge on any atom is 0.274 e. The third-order valence-corrected chi connectivity index (χ3v) is 4.54. The first-order valence-electron chi connectivity index (χ1n) is 7.95. The summed E-state index contributed by atoms with van der Waals surface area (Å²) in [6, 6.07) is 9.01. The van der Waals surface area contributed by atoms with Gasteiger partial charge in [-0.2, -0.15) is 0 Å². The number of hydrogen-bond donors (Lipinski definition) is 2. The molecule has 122 valence electrons. The van der Waals surface area contributed by atoms with E-state index in [0.717, 1.165) is 19.6 Å². The van der Waals surface area contributed by atoms with Crippen LogP contribution in [-0.2, 0) is 6.54 Å². The standard InChI is InChI=1S/C17H27N3O2/c1-12(2)19-9-13(3)20(14(4)10-19)11-15-5-7-16(8-6-15)17(21)18-22/h5-8,12-14,22H,9-11H2,1-4H3,(H,18,21)/t13-,14+. The summed E-state index contributed by atoms with van der Waals surface area (Å²) in [4.78, 5) is 16.4. The second kappa shape index (κ2) is 7.22. The molecule has 0 bridgehead atoms. The van der Waals surface area contributed by atoms with Gasteiger partial charge in [-0.1, -0.05) is 12.1 Å². The van der Waals surface area contributed by atoms with E-state index in [1.54, 1.807) is 17.6 Å². The molecule has 1 heterocycles. The minimum Gasteiger partial charge on any atom is -0.298 e. The number of benzene rings is 1. The predicted octanol–water partition coefficient (Wildman–Crippen LogP) is 2.11. The normalized spacial score (nSPS) is 23.7. The van der Waals surface area contributed by atoms with Gasteiger partial charge in [-0.25, -0.2) is 5.48 Å². The summed E-state index contributed by atoms with van der Waals surface area (Å²) in [6.07, 6.45) is 0. The van der Waals surface area contributed by atoms with Crippen molar-refractivity contribution in [2.24, 2.45) is 0 Å². The van der Waals surface area contributed by atoms with Crippen molar-refractivity contribution in [1.29, 1.82) is 0 Å². The third-order valence-electron chi connectivity index (χ3n) is 4.54. The Bertz CT molecular complexity index is 489. The van der Waals surface area contributed by atoms with Gasteiger partial charge in [-0.05, 0) is 45.4 Å². The van der Waals surface area contributed by atoms with Crippen molar-refractivity contribution in [3.05, 3.63) is 35.4 Å². The number of amides is 1. The van der Waals surface area contributed by atoms with E-state index < -0.39 is 5.91 Å². The molecular weight excluding hydrogens is 278 g/mol. The van der Waals surface area contributed by atoms with Crippen LogP contribution in [0.3, 0.4) is 0 Å². The highest BCUT2D eigenvalue weighted by Crippen LogP contribution is 2.20. The van der Waals surface area contributed by atoms with E-state index in [4.69, 9.17) is 5.21 Å². The van der Waals surface area contributed by atoms with E-state index >= 15 is 0 Å². The minimum atomic E-state index is -0.473. The highest BCUT2D eigenvalue weighted by Gasteiger charge is 2.30. The molecule has 5 nitrogen and oxygen atoms in total. The van der Waals surface area contributed by atoms with Crippen LogP contribution in [-0.4, -0.2) is 52.1 Å². The van der Waals surface area contributed by atoms with Gasteiger partial charge in [0.25, 0.3) is 5.91 Å². The molecule has 1 aliphatic rings. The molecule has 22 heavy (non-hydrogen) atoms. The lowest BCUT2D eigenvalue weighted by atomic mass is 10.0. The Labute approximate surface area is 132 Å². The first kappa shape index (κ1) is 16.9. The lowest BCUT2D eigenvalue weighted by molar-refractivity contribution is 0.0183. The zero-order valence-corrected chi connectivity index (χ0v) is 13.9. The van der Waals surface area contributed by atoms with Crippen LogP contribution < -0.4 is 5.48 Å². The largest absolute Gasteiger partial charge is 0.298 e. The second-order valence-electron chi connectivity index (χ2n) is 6.56. The van der Waals surface area contributed by atoms with Gasteiger partial charge >= 0.3 is 0 Å². The summed E-state index contributed by atoms with van der Waals surface area (Å²) in [5, 5.41) is 8.65. The fourth-order valence-corrected chi connectivity index (χ4v) is 3.17. The molecule has 0 unspecified atom stereocenters. The monoisotopic (exact) mass is 305 g/mol. The van der Waals surface area contributed by atoms with E-state index in [1.807, 2.05) is 12.1 Å². The summed E-state index contributed by atoms with van der Waals surface area (Å²) in [7, 11) is 0. The van der Waals surface area contributed by atoms with Crippen molar-refractivity contribution in [2.75, 3.05) is 13.1 Å². The molecule has 1 aromatic carbocycles. The van der Waals surface area contributed by atoms with Crippen LogP contribution in [0.15, 0.2) is 24.3 Å². The molecule has 5 heteroatoms. The van der Waals surface area contributed by atoms with Gasteiger partial charge in [0.15, 0.2) is 0 Å². The number of carbonyl (C=O) groups excluding carboxylic acids is 1. The Morgan fingerprint density at radius 2 is 1.77 bits per heavy atom. The zero-order chi connectivity index (χ0) is 16.3. The molecule has 0 saturated carbocycles. The number of hydrogen-bond acceptors (Lipinski definition) is 4. The average molecular weight is 305 g/mol. The Morgan fingerprint density at radius 1 is 1.23 bits per heavy atom. The molecule has 1 fully saturated rings. The Hall–Kier alpha value is -1.43. The molecule has 0 aromatic heterocycles. The van der Waals surface area contributed by atoms with E-state index in [0.29, 0.717) is 23.7 Å². The topological polar surface area (TPSA) is 55.8 Å². The highest BCUT2D eigenvalue weighted by atomic mass is 16.5. The van der Waals surface area contributed by atoms with E-state index in [1.165, 1.54) is 5.56 Å². The van der Waals surface area contributed by atoms with Gasteiger partial charge in [-0.15, -0.1) is 0 Å². The van der Waals surface area contributed by atoms with Crippen LogP contribution in [0, 0.1) is 0 Å². The number of nitrogens with zero attached hydrogens (tertiary/aromatic N) is 2. The average Bonchev–Trinajstić information content (AvgIpc) is 2.50. The molecule has 1 saturated heterocycles. The quantitative estimate of drug-likeness (QED) is 0.661. The van der Waals surface area contributed by atoms with Crippen LogP contribution >= 0.6 is 0 Å². The van der Waals surface area contributed by atoms with Gasteiger partial charge in [-0.3, -0.25) is 19.8 Å². The van der Waals surface area contributed by atoms with E-state index in [2.05, 4.69) is 37.5 Å². The molecule has 2 rings (SSSR count). The van der Waals surface area contributed by atoms with Crippen LogP contribution in [0.5, 0.6) is 0 Å². The molecular formula is C17H27N3O2. The van der Waals surface area contributed by atoms with Crippen molar-refractivity contribution in [1.82, 2.24) is 15.3 Å². The second-order valence-corrected chi connectivity index (χ2v) is 6.56.